The number of carbonyl (C=O) groups excluding carboxylic acids is 1. The van der Waals surface area contributed by atoms with Gasteiger partial charge in [-0.2, -0.15) is 8.42 Å². The molecule has 24 heavy (non-hydrogen) atoms. The number of unbranched alkanes of at least 4 members (excludes halogenated alkanes) is 1. The van der Waals surface area contributed by atoms with E-state index in [0.717, 1.165) is 24.8 Å². The molecule has 0 aliphatic heterocycles. The van der Waals surface area contributed by atoms with Crippen LogP contribution in [0.2, 0.25) is 0 Å². The zero-order chi connectivity index (χ0) is 18.0. The minimum Gasteiger partial charge on any atom is -0.466 e. The number of hydrogen-bond donors (Lipinski definition) is 0. The molecule has 136 valence electrons. The van der Waals surface area contributed by atoms with Crippen LogP contribution in [0.5, 0.6) is 0 Å². The lowest BCUT2D eigenvalue weighted by atomic mass is 9.99. The van der Waals surface area contributed by atoms with E-state index in [1.54, 1.807) is 31.2 Å². The van der Waals surface area contributed by atoms with Crippen LogP contribution in [0, 0.1) is 12.8 Å². The van der Waals surface area contributed by atoms with Crippen LogP contribution in [0.1, 0.15) is 51.5 Å². The van der Waals surface area contributed by atoms with Gasteiger partial charge in [0, 0.05) is 6.42 Å². The summed E-state index contributed by atoms with van der Waals surface area (Å²) in [5.74, 6) is 0.250. The van der Waals surface area contributed by atoms with Crippen molar-refractivity contribution in [3.05, 3.63) is 29.8 Å². The number of ether oxygens (including phenoxy) is 1. The van der Waals surface area contributed by atoms with Crippen LogP contribution in [0.15, 0.2) is 29.2 Å². The van der Waals surface area contributed by atoms with E-state index in [1.807, 2.05) is 6.92 Å². The van der Waals surface area contributed by atoms with Gasteiger partial charge in [0.15, 0.2) is 0 Å². The topological polar surface area (TPSA) is 69.7 Å². The minimum absolute atomic E-state index is 0.156. The van der Waals surface area contributed by atoms with Gasteiger partial charge in [-0.1, -0.05) is 37.5 Å². The van der Waals surface area contributed by atoms with Crippen molar-refractivity contribution < 1.29 is 22.1 Å². The van der Waals surface area contributed by atoms with Crippen LogP contribution >= 0.6 is 0 Å². The van der Waals surface area contributed by atoms with E-state index in [-0.39, 0.29) is 17.5 Å². The second kappa shape index (κ2) is 10.5. The van der Waals surface area contributed by atoms with Crippen molar-refractivity contribution in [2.75, 3.05) is 13.2 Å². The summed E-state index contributed by atoms with van der Waals surface area (Å²) in [5, 5.41) is 0. The standard InChI is InChI=1S/C18H28O5S/c1-4-22-18(19)13-10-15(2)7-5-6-14-23-24(20,21)17-11-8-16(3)9-12-17/h8-9,11-12,15H,4-7,10,13-14H2,1-3H3. The van der Waals surface area contributed by atoms with Crippen LogP contribution < -0.4 is 0 Å². The van der Waals surface area contributed by atoms with Gasteiger partial charge in [-0.05, 0) is 44.7 Å². The van der Waals surface area contributed by atoms with Crippen molar-refractivity contribution in [2.24, 2.45) is 5.92 Å². The summed E-state index contributed by atoms with van der Waals surface area (Å²) in [6, 6.07) is 6.62. The molecule has 0 aliphatic carbocycles. The van der Waals surface area contributed by atoms with Gasteiger partial charge in [0.05, 0.1) is 18.1 Å². The molecule has 0 radical (unpaired) electrons. The first-order chi connectivity index (χ1) is 11.3. The Morgan fingerprint density at radius 1 is 1.12 bits per heavy atom. The molecule has 0 N–H and O–H groups in total. The van der Waals surface area contributed by atoms with Gasteiger partial charge in [-0.15, -0.1) is 0 Å². The van der Waals surface area contributed by atoms with Gasteiger partial charge in [0.1, 0.15) is 0 Å². The van der Waals surface area contributed by atoms with Gasteiger partial charge in [-0.25, -0.2) is 0 Å². The minimum atomic E-state index is -3.67. The Balaban J connectivity index is 2.21. The third kappa shape index (κ3) is 7.93. The molecule has 1 atom stereocenters. The monoisotopic (exact) mass is 356 g/mol. The number of benzene rings is 1. The van der Waals surface area contributed by atoms with Gasteiger partial charge < -0.3 is 4.74 Å². The SMILES string of the molecule is CCOC(=O)CCC(C)CCCCOS(=O)(=O)c1ccc(C)cc1. The van der Waals surface area contributed by atoms with Crippen LogP contribution in [-0.2, 0) is 23.8 Å². The molecule has 0 amide bonds. The van der Waals surface area contributed by atoms with E-state index in [4.69, 9.17) is 8.92 Å². The molecule has 1 aromatic carbocycles. The summed E-state index contributed by atoms with van der Waals surface area (Å²) < 4.78 is 34.0. The van der Waals surface area contributed by atoms with E-state index in [9.17, 15) is 13.2 Å². The lowest BCUT2D eigenvalue weighted by Gasteiger charge is -2.11. The van der Waals surface area contributed by atoms with Gasteiger partial charge in [-0.3, -0.25) is 8.98 Å². The highest BCUT2D eigenvalue weighted by atomic mass is 32.2. The smallest absolute Gasteiger partial charge is 0.305 e. The highest BCUT2D eigenvalue weighted by Gasteiger charge is 2.14. The number of rotatable bonds is 11. The average molecular weight is 356 g/mol. The fourth-order valence-corrected chi connectivity index (χ4v) is 3.22. The first kappa shape index (κ1) is 20.6. The normalized spacial score (nSPS) is 12.8. The maximum Gasteiger partial charge on any atom is 0.305 e. The van der Waals surface area contributed by atoms with Gasteiger partial charge in [0.25, 0.3) is 10.1 Å². The second-order valence-electron chi connectivity index (χ2n) is 6.03. The Bertz CT molecular complexity index is 592. The summed E-state index contributed by atoms with van der Waals surface area (Å²) in [4.78, 5) is 11.5. The van der Waals surface area contributed by atoms with Crippen LogP contribution in [0.4, 0.5) is 0 Å². The van der Waals surface area contributed by atoms with Crippen LogP contribution in [0.25, 0.3) is 0 Å². The Morgan fingerprint density at radius 3 is 2.42 bits per heavy atom. The molecule has 0 bridgehead atoms. The molecule has 1 aromatic rings. The molecule has 5 nitrogen and oxygen atoms in total. The number of esters is 1. The van der Waals surface area contributed by atoms with E-state index in [2.05, 4.69) is 6.92 Å². The predicted molar refractivity (Wildman–Crippen MR) is 93.2 cm³/mol. The first-order valence-corrected chi connectivity index (χ1v) is 9.87. The van der Waals surface area contributed by atoms with Gasteiger partial charge >= 0.3 is 5.97 Å². The zero-order valence-electron chi connectivity index (χ0n) is 14.8. The lowest BCUT2D eigenvalue weighted by Crippen LogP contribution is -2.08. The number of hydrogen-bond acceptors (Lipinski definition) is 5. The molecule has 0 aliphatic rings. The van der Waals surface area contributed by atoms with Crippen LogP contribution in [0.3, 0.4) is 0 Å². The summed E-state index contributed by atoms with van der Waals surface area (Å²) in [7, 11) is -3.67. The summed E-state index contributed by atoms with van der Waals surface area (Å²) in [6.45, 7) is 6.39. The molecule has 0 fully saturated rings. The molecule has 1 rings (SSSR count). The quantitative estimate of drug-likeness (QED) is 0.342. The largest absolute Gasteiger partial charge is 0.466 e. The van der Waals surface area contributed by atoms with Crippen molar-refractivity contribution in [2.45, 2.75) is 57.8 Å². The Labute approximate surface area is 145 Å². The third-order valence-corrected chi connectivity index (χ3v) is 5.11. The van der Waals surface area contributed by atoms with Crippen molar-refractivity contribution in [1.29, 1.82) is 0 Å². The number of carbonyl (C=O) groups is 1. The third-order valence-electron chi connectivity index (χ3n) is 3.79. The molecule has 0 saturated heterocycles. The zero-order valence-corrected chi connectivity index (χ0v) is 15.6. The maximum absolute atomic E-state index is 12.0. The molecule has 0 saturated carbocycles. The highest BCUT2D eigenvalue weighted by Crippen LogP contribution is 2.16. The lowest BCUT2D eigenvalue weighted by molar-refractivity contribution is -0.143. The molecule has 0 aromatic heterocycles. The maximum atomic E-state index is 12.0. The Kier molecular flexibility index (Phi) is 9.00. The molecular weight excluding hydrogens is 328 g/mol. The second-order valence-corrected chi connectivity index (χ2v) is 7.65. The molecule has 1 unspecified atom stereocenters. The van der Waals surface area contributed by atoms with E-state index in [0.29, 0.717) is 25.4 Å². The fourth-order valence-electron chi connectivity index (χ4n) is 2.28. The van der Waals surface area contributed by atoms with Crippen molar-refractivity contribution in [3.8, 4) is 0 Å². The predicted octanol–water partition coefficient (Wildman–Crippen LogP) is 3.85. The summed E-state index contributed by atoms with van der Waals surface area (Å²) in [5.41, 5.74) is 1.01. The Morgan fingerprint density at radius 2 is 1.79 bits per heavy atom. The van der Waals surface area contributed by atoms with Crippen LogP contribution in [-0.4, -0.2) is 27.6 Å². The van der Waals surface area contributed by atoms with Crippen molar-refractivity contribution in [3.63, 3.8) is 0 Å². The first-order valence-electron chi connectivity index (χ1n) is 8.47. The summed E-state index contributed by atoms with van der Waals surface area (Å²) >= 11 is 0. The molecule has 0 spiro atoms. The highest BCUT2D eigenvalue weighted by molar-refractivity contribution is 7.86. The average Bonchev–Trinajstić information content (AvgIpc) is 2.53. The van der Waals surface area contributed by atoms with Crippen molar-refractivity contribution >= 4 is 16.1 Å². The molecule has 0 heterocycles. The summed E-state index contributed by atoms with van der Waals surface area (Å²) in [6.07, 6.45) is 3.71. The molecular formula is C18H28O5S. The van der Waals surface area contributed by atoms with E-state index in [1.165, 1.54) is 0 Å². The van der Waals surface area contributed by atoms with Gasteiger partial charge in [0.2, 0.25) is 0 Å². The van der Waals surface area contributed by atoms with E-state index < -0.39 is 10.1 Å². The number of aryl methyl sites for hydroxylation is 1. The fraction of sp³-hybridized carbons (Fsp3) is 0.611. The molecule has 6 heteroatoms. The van der Waals surface area contributed by atoms with E-state index >= 15 is 0 Å². The Hall–Kier alpha value is -1.40. The van der Waals surface area contributed by atoms with Crippen molar-refractivity contribution in [1.82, 2.24) is 0 Å².